The molecule has 0 amide bonds. The lowest BCUT2D eigenvalue weighted by molar-refractivity contribution is 0.392. The van der Waals surface area contributed by atoms with Crippen LogP contribution in [-0.4, -0.2) is 20.4 Å². The lowest BCUT2D eigenvalue weighted by Crippen LogP contribution is -2.43. The van der Waals surface area contributed by atoms with Crippen molar-refractivity contribution in [1.82, 2.24) is 4.98 Å². The summed E-state index contributed by atoms with van der Waals surface area (Å²) in [5.41, 5.74) is 4.25. The average molecular weight is 472 g/mol. The minimum absolute atomic E-state index is 0.115. The van der Waals surface area contributed by atoms with Crippen molar-refractivity contribution in [1.29, 1.82) is 0 Å². The van der Waals surface area contributed by atoms with Crippen LogP contribution in [0.4, 0.5) is 0 Å². The smallest absolute Gasteiger partial charge is 0.250 e. The van der Waals surface area contributed by atoms with Crippen molar-refractivity contribution in [3.8, 4) is 11.6 Å². The van der Waals surface area contributed by atoms with Gasteiger partial charge in [-0.05, 0) is 67.1 Å². The second-order valence-corrected chi connectivity index (χ2v) is 15.5. The van der Waals surface area contributed by atoms with E-state index in [1.807, 2.05) is 12.1 Å². The quantitative estimate of drug-likeness (QED) is 0.380. The number of pyridine rings is 1. The van der Waals surface area contributed by atoms with Gasteiger partial charge in [0.25, 0.3) is 8.32 Å². The Hall–Kier alpha value is -1.78. The Kier molecular flexibility index (Phi) is 7.77. The summed E-state index contributed by atoms with van der Waals surface area (Å²) >= 11 is 6.76. The first kappa shape index (κ1) is 24.9. The van der Waals surface area contributed by atoms with Crippen molar-refractivity contribution in [3.63, 3.8) is 0 Å². The van der Waals surface area contributed by atoms with Crippen LogP contribution in [0.15, 0.2) is 36.4 Å². The molecule has 1 aromatic heterocycles. The molecule has 1 aliphatic rings. The predicted molar refractivity (Wildman–Crippen MR) is 138 cm³/mol. The monoisotopic (exact) mass is 471 g/mol. The highest BCUT2D eigenvalue weighted by Crippen LogP contribution is 2.40. The largest absolute Gasteiger partial charge is 0.543 e. The second-order valence-electron chi connectivity index (χ2n) is 10.4. The van der Waals surface area contributed by atoms with Crippen LogP contribution in [-0.2, 0) is 6.42 Å². The predicted octanol–water partition coefficient (Wildman–Crippen LogP) is 8.31. The van der Waals surface area contributed by atoms with Crippen molar-refractivity contribution in [3.05, 3.63) is 58.3 Å². The van der Waals surface area contributed by atoms with Gasteiger partial charge in [-0.3, -0.25) is 0 Å². The molecule has 1 heterocycles. The maximum atomic E-state index is 6.76. The first-order chi connectivity index (χ1) is 15.1. The maximum Gasteiger partial charge on any atom is 0.250 e. The van der Waals surface area contributed by atoms with Gasteiger partial charge in [-0.15, -0.1) is 0 Å². The SMILES string of the molecule is CCc1ccc(/C(=C\C2CCCC2)c2ccc(O[Si](C)(C)C(C)(C)C)c(Cl)c2)nc1OC. The molecule has 0 spiro atoms. The molecule has 1 saturated carbocycles. The summed E-state index contributed by atoms with van der Waals surface area (Å²) in [6.45, 7) is 13.3. The molecule has 32 heavy (non-hydrogen) atoms. The lowest BCUT2D eigenvalue weighted by Gasteiger charge is -2.36. The molecule has 0 N–H and O–H groups in total. The lowest BCUT2D eigenvalue weighted by atomic mass is 9.95. The number of rotatable bonds is 7. The van der Waals surface area contributed by atoms with E-state index in [2.05, 4.69) is 65.1 Å². The van der Waals surface area contributed by atoms with Crippen molar-refractivity contribution in [2.45, 2.75) is 77.9 Å². The molecule has 5 heteroatoms. The fourth-order valence-electron chi connectivity index (χ4n) is 3.93. The molecular weight excluding hydrogens is 434 g/mol. The Morgan fingerprint density at radius 3 is 2.41 bits per heavy atom. The summed E-state index contributed by atoms with van der Waals surface area (Å²) in [6.07, 6.45) is 8.33. The highest BCUT2D eigenvalue weighted by molar-refractivity contribution is 6.74. The summed E-state index contributed by atoms with van der Waals surface area (Å²) in [5.74, 6) is 2.05. The Labute approximate surface area is 200 Å². The molecule has 1 aromatic carbocycles. The van der Waals surface area contributed by atoms with E-state index in [1.165, 1.54) is 25.7 Å². The Morgan fingerprint density at radius 2 is 1.84 bits per heavy atom. The molecule has 0 radical (unpaired) electrons. The van der Waals surface area contributed by atoms with Crippen LogP contribution in [0.3, 0.4) is 0 Å². The first-order valence-corrected chi connectivity index (χ1v) is 15.1. The molecule has 3 nitrogen and oxygen atoms in total. The summed E-state index contributed by atoms with van der Waals surface area (Å²) in [4.78, 5) is 4.87. The third kappa shape index (κ3) is 5.58. The summed E-state index contributed by atoms with van der Waals surface area (Å²) in [7, 11) is -0.276. The van der Waals surface area contributed by atoms with E-state index in [0.717, 1.165) is 34.6 Å². The molecule has 2 aromatic rings. The minimum atomic E-state index is -1.97. The zero-order valence-corrected chi connectivity index (χ0v) is 22.5. The van der Waals surface area contributed by atoms with E-state index in [4.69, 9.17) is 25.7 Å². The van der Waals surface area contributed by atoms with Crippen LogP contribution < -0.4 is 9.16 Å². The number of allylic oxidation sites excluding steroid dienone is 1. The normalized spacial score (nSPS) is 15.8. The molecule has 0 saturated heterocycles. The van der Waals surface area contributed by atoms with Crippen molar-refractivity contribution in [2.24, 2.45) is 5.92 Å². The number of hydrogen-bond acceptors (Lipinski definition) is 3. The molecule has 1 fully saturated rings. The maximum absolute atomic E-state index is 6.76. The Balaban J connectivity index is 2.02. The van der Waals surface area contributed by atoms with Crippen LogP contribution in [0, 0.1) is 5.92 Å². The van der Waals surface area contributed by atoms with Gasteiger partial charge in [0.15, 0.2) is 0 Å². The van der Waals surface area contributed by atoms with Crippen LogP contribution in [0.5, 0.6) is 11.6 Å². The molecular formula is C27H38ClNO2Si. The van der Waals surface area contributed by atoms with Crippen LogP contribution >= 0.6 is 11.6 Å². The molecule has 0 atom stereocenters. The van der Waals surface area contributed by atoms with Gasteiger partial charge in [0.05, 0.1) is 17.8 Å². The van der Waals surface area contributed by atoms with Crippen LogP contribution in [0.2, 0.25) is 23.2 Å². The zero-order valence-electron chi connectivity index (χ0n) is 20.7. The van der Waals surface area contributed by atoms with Crippen molar-refractivity contribution < 1.29 is 9.16 Å². The molecule has 0 unspecified atom stereocenters. The van der Waals surface area contributed by atoms with Crippen LogP contribution in [0.1, 0.15) is 70.2 Å². The van der Waals surface area contributed by atoms with Gasteiger partial charge < -0.3 is 9.16 Å². The number of benzene rings is 1. The molecule has 1 aliphatic carbocycles. The number of nitrogens with zero attached hydrogens (tertiary/aromatic N) is 1. The topological polar surface area (TPSA) is 31.4 Å². The molecule has 0 aliphatic heterocycles. The molecule has 3 rings (SSSR count). The number of aryl methyl sites for hydroxylation is 1. The Bertz CT molecular complexity index is 972. The second kappa shape index (κ2) is 10.0. The highest BCUT2D eigenvalue weighted by atomic mass is 35.5. The first-order valence-electron chi connectivity index (χ1n) is 11.8. The standard InChI is InChI=1S/C27H38ClNO2Si/c1-8-20-13-15-24(29-26(20)30-5)22(17-19-11-9-10-12-19)21-14-16-25(23(28)18-21)31-32(6,7)27(2,3)4/h13-19H,8-12H2,1-7H3/b22-17-. The van der Waals surface area contributed by atoms with Gasteiger partial charge in [-0.25, -0.2) is 4.98 Å². The van der Waals surface area contributed by atoms with Crippen molar-refractivity contribution >= 4 is 25.5 Å². The number of ether oxygens (including phenoxy) is 1. The van der Waals surface area contributed by atoms with E-state index in [0.29, 0.717) is 16.8 Å². The van der Waals surface area contributed by atoms with Crippen molar-refractivity contribution in [2.75, 3.05) is 7.11 Å². The van der Waals surface area contributed by atoms with Gasteiger partial charge in [0.1, 0.15) is 5.75 Å². The third-order valence-electron chi connectivity index (χ3n) is 7.01. The summed E-state index contributed by atoms with van der Waals surface area (Å²) in [6, 6.07) is 10.4. The number of methoxy groups -OCH3 is 1. The van der Waals surface area contributed by atoms with E-state index in [1.54, 1.807) is 7.11 Å². The number of aromatic nitrogens is 1. The van der Waals surface area contributed by atoms with E-state index in [-0.39, 0.29) is 5.04 Å². The molecule has 174 valence electrons. The van der Waals surface area contributed by atoms with E-state index >= 15 is 0 Å². The van der Waals surface area contributed by atoms with Gasteiger partial charge in [0.2, 0.25) is 5.88 Å². The van der Waals surface area contributed by atoms with E-state index in [9.17, 15) is 0 Å². The number of hydrogen-bond donors (Lipinski definition) is 0. The zero-order chi connectivity index (χ0) is 23.5. The van der Waals surface area contributed by atoms with Gasteiger partial charge >= 0.3 is 0 Å². The summed E-state index contributed by atoms with van der Waals surface area (Å²) in [5, 5.41) is 0.770. The number of halogens is 1. The van der Waals surface area contributed by atoms with Gasteiger partial charge in [0, 0.05) is 11.1 Å². The van der Waals surface area contributed by atoms with E-state index < -0.39 is 8.32 Å². The highest BCUT2D eigenvalue weighted by Gasteiger charge is 2.39. The fraction of sp³-hybridized carbons (Fsp3) is 0.519. The average Bonchev–Trinajstić information content (AvgIpc) is 3.25. The molecule has 0 bridgehead atoms. The van der Waals surface area contributed by atoms with Gasteiger partial charge in [-0.2, -0.15) is 0 Å². The summed E-state index contributed by atoms with van der Waals surface area (Å²) < 4.78 is 12.1. The fourth-order valence-corrected chi connectivity index (χ4v) is 5.25. The minimum Gasteiger partial charge on any atom is -0.543 e. The van der Waals surface area contributed by atoms with Gasteiger partial charge in [-0.1, -0.05) is 70.3 Å². The third-order valence-corrected chi connectivity index (χ3v) is 11.6. The van der Waals surface area contributed by atoms with Crippen LogP contribution in [0.25, 0.3) is 5.57 Å². The Morgan fingerprint density at radius 1 is 1.16 bits per heavy atom.